The molecule has 0 bridgehead atoms. The minimum absolute atomic E-state index is 1.25. The third-order valence-corrected chi connectivity index (χ3v) is 1.71. The Balaban J connectivity index is 2.00. The average molecular weight is 111 g/mol. The standard InChI is InChI=1S/C6H14BN/c1-3-7-4-2-6-8-5-1/h7-8H,1-6H2. The lowest BCUT2D eigenvalue weighted by atomic mass is 9.68. The monoisotopic (exact) mass is 111 g/mol. The van der Waals surface area contributed by atoms with Crippen molar-refractivity contribution in [1.29, 1.82) is 0 Å². The molecule has 1 saturated heterocycles. The van der Waals surface area contributed by atoms with Crippen molar-refractivity contribution in [3.05, 3.63) is 0 Å². The van der Waals surface area contributed by atoms with Gasteiger partial charge in [0, 0.05) is 0 Å². The van der Waals surface area contributed by atoms with Crippen LogP contribution in [-0.4, -0.2) is 20.4 Å². The molecule has 1 rings (SSSR count). The summed E-state index contributed by atoms with van der Waals surface area (Å²) in [5, 5.41) is 3.39. The number of hydrogen-bond donors (Lipinski definition) is 1. The Morgan fingerprint density at radius 3 is 2.25 bits per heavy atom. The summed E-state index contributed by atoms with van der Waals surface area (Å²) in [6.07, 6.45) is 5.65. The molecule has 1 nitrogen and oxygen atoms in total. The molecule has 2 heteroatoms. The van der Waals surface area contributed by atoms with Crippen molar-refractivity contribution in [3.63, 3.8) is 0 Å². The minimum Gasteiger partial charge on any atom is -0.317 e. The van der Waals surface area contributed by atoms with Crippen LogP contribution in [-0.2, 0) is 0 Å². The van der Waals surface area contributed by atoms with Crippen LogP contribution in [0.2, 0.25) is 12.6 Å². The van der Waals surface area contributed by atoms with E-state index in [9.17, 15) is 0 Å². The predicted molar refractivity (Wildman–Crippen MR) is 38.9 cm³/mol. The third kappa shape index (κ3) is 2.36. The highest BCUT2D eigenvalue weighted by molar-refractivity contribution is 6.35. The Morgan fingerprint density at radius 1 is 1.00 bits per heavy atom. The molecule has 0 aliphatic carbocycles. The molecule has 0 amide bonds. The van der Waals surface area contributed by atoms with E-state index in [-0.39, 0.29) is 0 Å². The van der Waals surface area contributed by atoms with Crippen LogP contribution in [0.1, 0.15) is 12.8 Å². The van der Waals surface area contributed by atoms with Crippen LogP contribution in [0.4, 0.5) is 0 Å². The number of nitrogens with one attached hydrogen (secondary N) is 1. The molecule has 0 atom stereocenters. The van der Waals surface area contributed by atoms with E-state index in [2.05, 4.69) is 5.32 Å². The molecule has 0 saturated carbocycles. The van der Waals surface area contributed by atoms with Gasteiger partial charge in [-0.1, -0.05) is 12.6 Å². The summed E-state index contributed by atoms with van der Waals surface area (Å²) in [5.41, 5.74) is 0. The molecule has 1 fully saturated rings. The van der Waals surface area contributed by atoms with Gasteiger partial charge in [-0.15, -0.1) is 0 Å². The lowest BCUT2D eigenvalue weighted by Crippen LogP contribution is -2.19. The highest BCUT2D eigenvalue weighted by Crippen LogP contribution is 1.97. The molecule has 1 N–H and O–H groups in total. The highest BCUT2D eigenvalue weighted by atomic mass is 14.8. The van der Waals surface area contributed by atoms with Crippen molar-refractivity contribution in [2.24, 2.45) is 0 Å². The topological polar surface area (TPSA) is 12.0 Å². The van der Waals surface area contributed by atoms with E-state index in [4.69, 9.17) is 0 Å². The van der Waals surface area contributed by atoms with Gasteiger partial charge < -0.3 is 5.32 Å². The smallest absolute Gasteiger partial charge is 0.120 e. The van der Waals surface area contributed by atoms with Gasteiger partial charge in [0.1, 0.15) is 7.28 Å². The zero-order chi connectivity index (χ0) is 5.66. The second kappa shape index (κ2) is 3.96. The van der Waals surface area contributed by atoms with Crippen molar-refractivity contribution in [3.8, 4) is 0 Å². The summed E-state index contributed by atoms with van der Waals surface area (Å²) in [6, 6.07) is 0. The van der Waals surface area contributed by atoms with Gasteiger partial charge in [0.05, 0.1) is 0 Å². The van der Waals surface area contributed by atoms with E-state index < -0.39 is 0 Å². The van der Waals surface area contributed by atoms with Crippen LogP contribution < -0.4 is 5.32 Å². The van der Waals surface area contributed by atoms with Crippen molar-refractivity contribution < 1.29 is 0 Å². The normalized spacial score (nSPS) is 23.0. The molecule has 0 aromatic carbocycles. The Labute approximate surface area is 52.1 Å². The molecule has 1 aliphatic heterocycles. The van der Waals surface area contributed by atoms with Gasteiger partial charge in [-0.25, -0.2) is 0 Å². The molecule has 0 aromatic rings. The molecular weight excluding hydrogens is 96.9 g/mol. The molecule has 8 heavy (non-hydrogen) atoms. The first-order chi connectivity index (χ1) is 4.00. The van der Waals surface area contributed by atoms with E-state index in [1.54, 1.807) is 0 Å². The fourth-order valence-electron chi connectivity index (χ4n) is 1.16. The number of hydrogen-bond acceptors (Lipinski definition) is 1. The van der Waals surface area contributed by atoms with Crippen LogP contribution in [0.15, 0.2) is 0 Å². The lowest BCUT2D eigenvalue weighted by molar-refractivity contribution is 0.647. The van der Waals surface area contributed by atoms with Crippen molar-refractivity contribution >= 4 is 7.28 Å². The SMILES string of the molecule is B1CCCNCCC1. The predicted octanol–water partition coefficient (Wildman–Crippen LogP) is 0.643. The van der Waals surface area contributed by atoms with Crippen LogP contribution in [0.25, 0.3) is 0 Å². The second-order valence-corrected chi connectivity index (χ2v) is 2.52. The Kier molecular flexibility index (Phi) is 3.04. The van der Waals surface area contributed by atoms with Gasteiger partial charge in [0.2, 0.25) is 0 Å². The van der Waals surface area contributed by atoms with Gasteiger partial charge in [0.15, 0.2) is 0 Å². The Bertz CT molecular complexity index is 32.5. The van der Waals surface area contributed by atoms with Crippen molar-refractivity contribution in [1.82, 2.24) is 5.32 Å². The fraction of sp³-hybridized carbons (Fsp3) is 1.00. The minimum atomic E-state index is 1.25. The summed E-state index contributed by atoms with van der Waals surface area (Å²) in [5.74, 6) is 0. The molecular formula is C6H14BN. The van der Waals surface area contributed by atoms with E-state index in [0.29, 0.717) is 0 Å². The largest absolute Gasteiger partial charge is 0.317 e. The van der Waals surface area contributed by atoms with Crippen LogP contribution in [0.5, 0.6) is 0 Å². The molecule has 1 aliphatic rings. The molecule has 0 radical (unpaired) electrons. The zero-order valence-corrected chi connectivity index (χ0v) is 5.45. The third-order valence-electron chi connectivity index (χ3n) is 1.71. The van der Waals surface area contributed by atoms with Gasteiger partial charge in [-0.2, -0.15) is 0 Å². The molecule has 0 unspecified atom stereocenters. The Morgan fingerprint density at radius 2 is 1.62 bits per heavy atom. The molecule has 0 spiro atoms. The summed E-state index contributed by atoms with van der Waals surface area (Å²) in [7, 11) is 1.46. The average Bonchev–Trinajstić information content (AvgIpc) is 1.62. The molecule has 46 valence electrons. The van der Waals surface area contributed by atoms with E-state index >= 15 is 0 Å². The van der Waals surface area contributed by atoms with Gasteiger partial charge in [-0.3, -0.25) is 0 Å². The van der Waals surface area contributed by atoms with Crippen LogP contribution in [0.3, 0.4) is 0 Å². The summed E-state index contributed by atoms with van der Waals surface area (Å²) < 4.78 is 0. The van der Waals surface area contributed by atoms with E-state index in [1.165, 1.54) is 45.9 Å². The quantitative estimate of drug-likeness (QED) is 0.452. The Hall–Kier alpha value is 0.0249. The van der Waals surface area contributed by atoms with Crippen LogP contribution >= 0.6 is 0 Å². The summed E-state index contributed by atoms with van der Waals surface area (Å²) in [6.45, 7) is 2.50. The molecule has 0 aromatic heterocycles. The maximum absolute atomic E-state index is 3.39. The summed E-state index contributed by atoms with van der Waals surface area (Å²) >= 11 is 0. The second-order valence-electron chi connectivity index (χ2n) is 2.52. The van der Waals surface area contributed by atoms with Crippen molar-refractivity contribution in [2.75, 3.05) is 13.1 Å². The van der Waals surface area contributed by atoms with E-state index in [0.717, 1.165) is 0 Å². The van der Waals surface area contributed by atoms with E-state index in [1.807, 2.05) is 0 Å². The van der Waals surface area contributed by atoms with Gasteiger partial charge in [0.25, 0.3) is 0 Å². The maximum Gasteiger partial charge on any atom is 0.120 e. The first-order valence-corrected chi connectivity index (χ1v) is 3.71. The first-order valence-electron chi connectivity index (χ1n) is 3.71. The first kappa shape index (κ1) is 6.15. The number of rotatable bonds is 0. The zero-order valence-electron chi connectivity index (χ0n) is 5.45. The maximum atomic E-state index is 3.39. The highest BCUT2D eigenvalue weighted by Gasteiger charge is 1.96. The van der Waals surface area contributed by atoms with Gasteiger partial charge in [-0.05, 0) is 25.9 Å². The molecule has 1 heterocycles. The van der Waals surface area contributed by atoms with Gasteiger partial charge >= 0.3 is 0 Å². The lowest BCUT2D eigenvalue weighted by Gasteiger charge is -2.07. The summed E-state index contributed by atoms with van der Waals surface area (Å²) in [4.78, 5) is 0. The van der Waals surface area contributed by atoms with Crippen molar-refractivity contribution in [2.45, 2.75) is 25.5 Å². The van der Waals surface area contributed by atoms with Crippen LogP contribution in [0, 0.1) is 0 Å². The fourth-order valence-corrected chi connectivity index (χ4v) is 1.16.